The van der Waals surface area contributed by atoms with E-state index in [4.69, 9.17) is 14.6 Å². The molecule has 2 aliphatic rings. The lowest BCUT2D eigenvalue weighted by Gasteiger charge is -2.27. The molecular formula is C19H22O7. The maximum Gasteiger partial charge on any atom is 0.336 e. The molecule has 140 valence electrons. The minimum absolute atomic E-state index is 0.0779. The van der Waals surface area contributed by atoms with Gasteiger partial charge in [-0.2, -0.15) is 0 Å². The van der Waals surface area contributed by atoms with E-state index in [1.54, 1.807) is 13.0 Å². The van der Waals surface area contributed by atoms with Crippen molar-refractivity contribution in [3.63, 3.8) is 0 Å². The third kappa shape index (κ3) is 4.17. The van der Waals surface area contributed by atoms with Gasteiger partial charge >= 0.3 is 11.9 Å². The number of carbonyl (C=O) groups is 3. The van der Waals surface area contributed by atoms with Gasteiger partial charge in [0.05, 0.1) is 24.7 Å². The second kappa shape index (κ2) is 8.25. The first-order valence-corrected chi connectivity index (χ1v) is 8.18. The summed E-state index contributed by atoms with van der Waals surface area (Å²) in [6.45, 7) is 7.90. The molecule has 7 heteroatoms. The van der Waals surface area contributed by atoms with Crippen molar-refractivity contribution < 1.29 is 34.1 Å². The fourth-order valence-corrected chi connectivity index (χ4v) is 2.94. The number of aliphatic hydroxyl groups excluding tert-OH is 2. The Labute approximate surface area is 151 Å². The summed E-state index contributed by atoms with van der Waals surface area (Å²) >= 11 is 0. The lowest BCUT2D eigenvalue weighted by molar-refractivity contribution is -0.147. The summed E-state index contributed by atoms with van der Waals surface area (Å²) in [4.78, 5) is 36.3. The highest BCUT2D eigenvalue weighted by molar-refractivity contribution is 5.97. The Bertz CT molecular complexity index is 713. The standard InChI is InChI=1S/C19H22O7/c1-10-4-5-14(22)13(9-21)7-16-17(12(3)19(24)26-16)15(6-10)25-18(23)11(2)8-20/h4,7,15-17,20-21H,2-3,5-6,8-9H2,1H3/b10-4+,13-7+/t15-,16+,17+/m0/s1. The lowest BCUT2D eigenvalue weighted by atomic mass is 9.85. The second-order valence-electron chi connectivity index (χ2n) is 6.36. The van der Waals surface area contributed by atoms with E-state index in [-0.39, 0.29) is 35.3 Å². The molecule has 1 aliphatic carbocycles. The third-order valence-electron chi connectivity index (χ3n) is 4.45. The van der Waals surface area contributed by atoms with E-state index in [1.807, 2.05) is 0 Å². The maximum absolute atomic E-state index is 12.2. The molecule has 0 aromatic heterocycles. The van der Waals surface area contributed by atoms with Crippen LogP contribution in [-0.4, -0.2) is 53.4 Å². The van der Waals surface area contributed by atoms with Gasteiger partial charge in [0.1, 0.15) is 12.2 Å². The van der Waals surface area contributed by atoms with Crippen LogP contribution in [0, 0.1) is 5.92 Å². The molecule has 1 saturated heterocycles. The van der Waals surface area contributed by atoms with Crippen LogP contribution in [0.25, 0.3) is 0 Å². The molecule has 26 heavy (non-hydrogen) atoms. The third-order valence-corrected chi connectivity index (χ3v) is 4.45. The van der Waals surface area contributed by atoms with Crippen LogP contribution in [0.15, 0.2) is 47.6 Å². The molecule has 0 spiro atoms. The van der Waals surface area contributed by atoms with Crippen LogP contribution in [0.3, 0.4) is 0 Å². The number of ether oxygens (including phenoxy) is 2. The summed E-state index contributed by atoms with van der Waals surface area (Å²) in [7, 11) is 0. The number of allylic oxidation sites excluding steroid dienone is 1. The number of carbonyl (C=O) groups excluding carboxylic acids is 3. The first kappa shape index (κ1) is 19.8. The fraction of sp³-hybridized carbons (Fsp3) is 0.421. The molecule has 1 heterocycles. The van der Waals surface area contributed by atoms with E-state index in [2.05, 4.69) is 13.2 Å². The summed E-state index contributed by atoms with van der Waals surface area (Å²) in [6, 6.07) is 0. The van der Waals surface area contributed by atoms with Crippen LogP contribution in [-0.2, 0) is 23.9 Å². The molecule has 0 bridgehead atoms. The van der Waals surface area contributed by atoms with Gasteiger partial charge in [-0.15, -0.1) is 0 Å². The Balaban J connectivity index is 2.45. The molecule has 1 fully saturated rings. The first-order chi connectivity index (χ1) is 12.3. The molecule has 1 aliphatic heterocycles. The summed E-state index contributed by atoms with van der Waals surface area (Å²) in [5.74, 6) is -2.42. The Morgan fingerprint density at radius 2 is 2.08 bits per heavy atom. The van der Waals surface area contributed by atoms with Crippen molar-refractivity contribution in [2.24, 2.45) is 5.92 Å². The highest BCUT2D eigenvalue weighted by Gasteiger charge is 2.44. The van der Waals surface area contributed by atoms with Crippen LogP contribution < -0.4 is 0 Å². The number of rotatable bonds is 4. The molecule has 2 rings (SSSR count). The average Bonchev–Trinajstić information content (AvgIpc) is 2.89. The molecule has 0 saturated carbocycles. The molecule has 0 unspecified atom stereocenters. The number of ketones is 1. The van der Waals surface area contributed by atoms with E-state index in [9.17, 15) is 19.5 Å². The van der Waals surface area contributed by atoms with Crippen LogP contribution in [0.2, 0.25) is 0 Å². The maximum atomic E-state index is 12.2. The Kier molecular flexibility index (Phi) is 6.28. The predicted octanol–water partition coefficient (Wildman–Crippen LogP) is 0.772. The number of esters is 2. The normalized spacial score (nSPS) is 30.4. The van der Waals surface area contributed by atoms with Crippen molar-refractivity contribution >= 4 is 17.7 Å². The van der Waals surface area contributed by atoms with Gasteiger partial charge in [0.2, 0.25) is 0 Å². The van der Waals surface area contributed by atoms with Crippen LogP contribution >= 0.6 is 0 Å². The van der Waals surface area contributed by atoms with Gasteiger partial charge in [0.15, 0.2) is 5.78 Å². The van der Waals surface area contributed by atoms with Gasteiger partial charge in [-0.1, -0.05) is 24.8 Å². The zero-order valence-electron chi connectivity index (χ0n) is 14.6. The average molecular weight is 362 g/mol. The van der Waals surface area contributed by atoms with E-state index in [0.29, 0.717) is 0 Å². The minimum atomic E-state index is -0.882. The molecule has 0 aromatic rings. The zero-order chi connectivity index (χ0) is 19.4. The fourth-order valence-electron chi connectivity index (χ4n) is 2.94. The van der Waals surface area contributed by atoms with E-state index < -0.39 is 43.3 Å². The predicted molar refractivity (Wildman–Crippen MR) is 91.8 cm³/mol. The summed E-state index contributed by atoms with van der Waals surface area (Å²) in [5.41, 5.74) is 0.906. The van der Waals surface area contributed by atoms with Gasteiger partial charge in [0, 0.05) is 24.0 Å². The molecule has 7 nitrogen and oxygen atoms in total. The Morgan fingerprint density at radius 1 is 1.38 bits per heavy atom. The molecule has 3 atom stereocenters. The zero-order valence-corrected chi connectivity index (χ0v) is 14.6. The molecular weight excluding hydrogens is 340 g/mol. The topological polar surface area (TPSA) is 110 Å². The molecule has 0 aromatic carbocycles. The number of hydrogen-bond donors (Lipinski definition) is 2. The molecule has 0 amide bonds. The van der Waals surface area contributed by atoms with Crippen molar-refractivity contribution in [2.75, 3.05) is 13.2 Å². The first-order valence-electron chi connectivity index (χ1n) is 8.18. The largest absolute Gasteiger partial charge is 0.458 e. The van der Waals surface area contributed by atoms with E-state index in [1.165, 1.54) is 6.08 Å². The smallest absolute Gasteiger partial charge is 0.336 e. The quantitative estimate of drug-likeness (QED) is 0.432. The van der Waals surface area contributed by atoms with Crippen molar-refractivity contribution in [3.8, 4) is 0 Å². The monoisotopic (exact) mass is 362 g/mol. The van der Waals surface area contributed by atoms with E-state index >= 15 is 0 Å². The summed E-state index contributed by atoms with van der Waals surface area (Å²) in [6.07, 6.45) is 1.74. The molecule has 0 radical (unpaired) electrons. The van der Waals surface area contributed by atoms with Crippen molar-refractivity contribution in [1.29, 1.82) is 0 Å². The highest BCUT2D eigenvalue weighted by Crippen LogP contribution is 2.36. The van der Waals surface area contributed by atoms with Crippen LogP contribution in [0.5, 0.6) is 0 Å². The van der Waals surface area contributed by atoms with E-state index in [0.717, 1.165) is 5.57 Å². The van der Waals surface area contributed by atoms with Crippen LogP contribution in [0.4, 0.5) is 0 Å². The van der Waals surface area contributed by atoms with Crippen molar-refractivity contribution in [3.05, 3.63) is 47.6 Å². The number of Topliss-reactive ketones (excluding diaryl/α,β-unsaturated/α-hetero) is 1. The van der Waals surface area contributed by atoms with Crippen LogP contribution in [0.1, 0.15) is 19.8 Å². The van der Waals surface area contributed by atoms with Gasteiger partial charge in [-0.3, -0.25) is 4.79 Å². The second-order valence-corrected chi connectivity index (χ2v) is 6.36. The number of fused-ring (bicyclic) bond motifs is 1. The van der Waals surface area contributed by atoms with Gasteiger partial charge < -0.3 is 19.7 Å². The highest BCUT2D eigenvalue weighted by atomic mass is 16.6. The summed E-state index contributed by atoms with van der Waals surface area (Å²) in [5, 5.41) is 18.5. The Hall–Kier alpha value is -2.51. The van der Waals surface area contributed by atoms with Crippen molar-refractivity contribution in [2.45, 2.75) is 32.0 Å². The van der Waals surface area contributed by atoms with Crippen molar-refractivity contribution in [1.82, 2.24) is 0 Å². The summed E-state index contributed by atoms with van der Waals surface area (Å²) < 4.78 is 10.7. The number of aliphatic hydroxyl groups is 2. The van der Waals surface area contributed by atoms with Gasteiger partial charge in [0.25, 0.3) is 0 Å². The Morgan fingerprint density at radius 3 is 2.69 bits per heavy atom. The lowest BCUT2D eigenvalue weighted by Crippen LogP contribution is -2.34. The van der Waals surface area contributed by atoms with Gasteiger partial charge in [-0.05, 0) is 13.0 Å². The van der Waals surface area contributed by atoms with Gasteiger partial charge in [-0.25, -0.2) is 9.59 Å². The number of hydrogen-bond acceptors (Lipinski definition) is 7. The SMILES string of the molecule is C=C(CO)C(=O)O[C@H]1C/C(C)=C/CC(=O)/C(CO)=C/[C@H]2OC(=O)C(=C)[C@H]12. The minimum Gasteiger partial charge on any atom is -0.458 e. The molecule has 2 N–H and O–H groups in total.